The first-order valence-corrected chi connectivity index (χ1v) is 9.24. The largest absolute Gasteiger partial charge is 0.465 e. The second-order valence-electron chi connectivity index (χ2n) is 8.06. The molecule has 6 rings (SSSR count). The molecule has 3 aliphatic heterocycles. The van der Waals surface area contributed by atoms with Gasteiger partial charge in [-0.15, -0.1) is 0 Å². The van der Waals surface area contributed by atoms with E-state index in [9.17, 15) is 4.79 Å². The summed E-state index contributed by atoms with van der Waals surface area (Å²) in [5, 5.41) is 0. The van der Waals surface area contributed by atoms with Gasteiger partial charge in [-0.05, 0) is 24.3 Å². The molecule has 1 saturated carbocycles. The summed E-state index contributed by atoms with van der Waals surface area (Å²) in [6, 6.07) is 3.92. The lowest BCUT2D eigenvalue weighted by molar-refractivity contribution is -0.212. The maximum atomic E-state index is 12.8. The van der Waals surface area contributed by atoms with Gasteiger partial charge in [-0.1, -0.05) is 13.8 Å². The van der Waals surface area contributed by atoms with E-state index < -0.39 is 5.79 Å². The second kappa shape index (κ2) is 4.74. The van der Waals surface area contributed by atoms with E-state index in [-0.39, 0.29) is 37.1 Å². The first-order valence-electron chi connectivity index (χ1n) is 9.24. The topological polar surface area (TPSA) is 63.2 Å². The van der Waals surface area contributed by atoms with Gasteiger partial charge in [0.1, 0.15) is 5.75 Å². The van der Waals surface area contributed by atoms with Crippen LogP contribution in [0.3, 0.4) is 0 Å². The van der Waals surface area contributed by atoms with Crippen LogP contribution in [-0.2, 0) is 14.3 Å². The lowest BCUT2D eigenvalue weighted by Gasteiger charge is -2.54. The van der Waals surface area contributed by atoms with E-state index in [1.807, 2.05) is 12.1 Å². The van der Waals surface area contributed by atoms with Crippen molar-refractivity contribution in [1.29, 1.82) is 0 Å². The molecular formula is C20H20O6. The van der Waals surface area contributed by atoms with Crippen molar-refractivity contribution >= 4 is 5.78 Å². The fraction of sp³-hybridized carbons (Fsp3) is 0.550. The van der Waals surface area contributed by atoms with Crippen LogP contribution in [0.15, 0.2) is 24.0 Å². The van der Waals surface area contributed by atoms with Gasteiger partial charge < -0.3 is 18.9 Å². The Labute approximate surface area is 151 Å². The molecule has 2 aliphatic carbocycles. The number of hydrogen-bond donors (Lipinski definition) is 0. The molecule has 0 unspecified atom stereocenters. The number of carbonyl (C=O) groups is 1. The normalized spacial score (nSPS) is 41.4. The van der Waals surface area contributed by atoms with Crippen LogP contribution in [-0.4, -0.2) is 25.2 Å². The first-order chi connectivity index (χ1) is 12.6. The van der Waals surface area contributed by atoms with Crippen molar-refractivity contribution in [3.05, 3.63) is 29.5 Å². The fourth-order valence-corrected chi connectivity index (χ4v) is 5.55. The van der Waals surface area contributed by atoms with E-state index in [2.05, 4.69) is 13.8 Å². The molecule has 6 nitrogen and oxygen atoms in total. The van der Waals surface area contributed by atoms with Crippen LogP contribution in [0.1, 0.15) is 31.7 Å². The van der Waals surface area contributed by atoms with Crippen molar-refractivity contribution in [3.63, 3.8) is 0 Å². The summed E-state index contributed by atoms with van der Waals surface area (Å²) in [6.45, 7) is 4.82. The van der Waals surface area contributed by atoms with Crippen LogP contribution in [0.4, 0.5) is 0 Å². The van der Waals surface area contributed by atoms with Gasteiger partial charge in [0, 0.05) is 35.5 Å². The SMILES string of the molecule is C[C@@H]1[C@H]2c3cc4c(cc3O[C@@]35OCOC3=CC(=O)[C@H](C[C@H]1C)[C@@H]25)OCO4. The number of hydrogen-bond acceptors (Lipinski definition) is 6. The number of ether oxygens (including phenoxy) is 5. The predicted molar refractivity (Wildman–Crippen MR) is 88.7 cm³/mol. The molecule has 1 aromatic carbocycles. The standard InChI is InChI=1S/C20H20O6/c1-9-3-11-13(21)5-17-20(25-8-24-17)19(11)18(10(9)2)12-4-15-16(23-7-22-15)6-14(12)26-20/h4-6,9-11,18-19H,3,7-8H2,1-2H3/t9-,10+,11+,18+,19+,20+/m1/s1. The summed E-state index contributed by atoms with van der Waals surface area (Å²) in [4.78, 5) is 12.8. The van der Waals surface area contributed by atoms with Crippen molar-refractivity contribution in [2.75, 3.05) is 13.6 Å². The molecule has 26 heavy (non-hydrogen) atoms. The zero-order valence-electron chi connectivity index (χ0n) is 14.7. The Morgan fingerprint density at radius 2 is 1.85 bits per heavy atom. The summed E-state index contributed by atoms with van der Waals surface area (Å²) < 4.78 is 29.3. The Kier molecular flexibility index (Phi) is 2.72. The molecule has 0 aromatic heterocycles. The molecule has 6 heteroatoms. The van der Waals surface area contributed by atoms with E-state index in [0.29, 0.717) is 23.3 Å². The fourth-order valence-electron chi connectivity index (χ4n) is 5.55. The lowest BCUT2D eigenvalue weighted by Crippen LogP contribution is -2.60. The predicted octanol–water partition coefficient (Wildman–Crippen LogP) is 2.97. The molecule has 5 aliphatic rings. The maximum absolute atomic E-state index is 12.8. The Hall–Kier alpha value is -2.21. The minimum Gasteiger partial charge on any atom is -0.465 e. The molecule has 3 heterocycles. The van der Waals surface area contributed by atoms with Crippen molar-refractivity contribution in [2.45, 2.75) is 32.0 Å². The molecule has 1 saturated heterocycles. The van der Waals surface area contributed by atoms with Gasteiger partial charge in [0.2, 0.25) is 6.79 Å². The summed E-state index contributed by atoms with van der Waals surface area (Å²) in [5.74, 6) is 2.54. The lowest BCUT2D eigenvalue weighted by atomic mass is 9.55. The number of allylic oxidation sites excluding steroid dienone is 1. The third-order valence-corrected chi connectivity index (χ3v) is 6.94. The molecule has 6 atom stereocenters. The number of ketones is 1. The van der Waals surface area contributed by atoms with E-state index in [1.165, 1.54) is 0 Å². The summed E-state index contributed by atoms with van der Waals surface area (Å²) in [6.07, 6.45) is 2.44. The zero-order valence-corrected chi connectivity index (χ0v) is 14.7. The Morgan fingerprint density at radius 3 is 2.69 bits per heavy atom. The minimum absolute atomic E-state index is 0.0865. The van der Waals surface area contributed by atoms with E-state index in [4.69, 9.17) is 23.7 Å². The van der Waals surface area contributed by atoms with Gasteiger partial charge in [0.05, 0.1) is 0 Å². The first kappa shape index (κ1) is 14.9. The Balaban J connectivity index is 1.61. The molecule has 1 spiro atoms. The third kappa shape index (κ3) is 1.64. The Morgan fingerprint density at radius 1 is 1.04 bits per heavy atom. The average Bonchev–Trinajstić information content (AvgIpc) is 3.23. The molecule has 2 fully saturated rings. The second-order valence-corrected chi connectivity index (χ2v) is 8.06. The molecule has 0 bridgehead atoms. The van der Waals surface area contributed by atoms with E-state index in [0.717, 1.165) is 23.5 Å². The zero-order chi connectivity index (χ0) is 17.6. The molecule has 0 radical (unpaired) electrons. The van der Waals surface area contributed by atoms with Gasteiger partial charge in [0.25, 0.3) is 5.79 Å². The number of benzene rings is 1. The summed E-state index contributed by atoms with van der Waals surface area (Å²) >= 11 is 0. The van der Waals surface area contributed by atoms with Gasteiger partial charge in [-0.2, -0.15) is 0 Å². The van der Waals surface area contributed by atoms with Crippen LogP contribution in [0.5, 0.6) is 17.2 Å². The van der Waals surface area contributed by atoms with Crippen molar-refractivity contribution < 1.29 is 28.5 Å². The molecule has 0 N–H and O–H groups in total. The van der Waals surface area contributed by atoms with E-state index >= 15 is 0 Å². The minimum atomic E-state index is -1.00. The molecule has 1 aromatic rings. The van der Waals surface area contributed by atoms with Crippen LogP contribution < -0.4 is 14.2 Å². The number of rotatable bonds is 0. The molecular weight excluding hydrogens is 336 g/mol. The van der Waals surface area contributed by atoms with Crippen LogP contribution in [0, 0.1) is 23.7 Å². The van der Waals surface area contributed by atoms with Gasteiger partial charge >= 0.3 is 0 Å². The van der Waals surface area contributed by atoms with Crippen LogP contribution in [0.2, 0.25) is 0 Å². The molecule has 0 amide bonds. The highest BCUT2D eigenvalue weighted by Crippen LogP contribution is 2.63. The van der Waals surface area contributed by atoms with Crippen molar-refractivity contribution in [3.8, 4) is 17.2 Å². The Bertz CT molecular complexity index is 860. The summed E-state index contributed by atoms with van der Waals surface area (Å²) in [7, 11) is 0. The van der Waals surface area contributed by atoms with Crippen LogP contribution in [0.25, 0.3) is 0 Å². The highest BCUT2D eigenvalue weighted by atomic mass is 16.8. The number of fused-ring (bicyclic) bond motifs is 3. The monoisotopic (exact) mass is 356 g/mol. The maximum Gasteiger partial charge on any atom is 0.276 e. The third-order valence-electron chi connectivity index (χ3n) is 6.94. The van der Waals surface area contributed by atoms with Crippen molar-refractivity contribution in [1.82, 2.24) is 0 Å². The summed E-state index contributed by atoms with van der Waals surface area (Å²) in [5.41, 5.74) is 1.08. The van der Waals surface area contributed by atoms with E-state index in [1.54, 1.807) is 6.08 Å². The van der Waals surface area contributed by atoms with Gasteiger partial charge in [0.15, 0.2) is 29.8 Å². The van der Waals surface area contributed by atoms with Crippen molar-refractivity contribution in [2.24, 2.45) is 23.7 Å². The highest BCUT2D eigenvalue weighted by Gasteiger charge is 2.66. The quantitative estimate of drug-likeness (QED) is 0.712. The average molecular weight is 356 g/mol. The van der Waals surface area contributed by atoms with Gasteiger partial charge in [-0.3, -0.25) is 9.53 Å². The van der Waals surface area contributed by atoms with Crippen LogP contribution >= 0.6 is 0 Å². The smallest absolute Gasteiger partial charge is 0.276 e. The van der Waals surface area contributed by atoms with Gasteiger partial charge in [-0.25, -0.2) is 0 Å². The molecule has 136 valence electrons. The number of carbonyl (C=O) groups excluding carboxylic acids is 1. The highest BCUT2D eigenvalue weighted by molar-refractivity contribution is 5.94.